The molecular weight excluding hydrogens is 280 g/mol. The van der Waals surface area contributed by atoms with Gasteiger partial charge in [0, 0.05) is 12.5 Å². The summed E-state index contributed by atoms with van der Waals surface area (Å²) in [5, 5.41) is 0. The van der Waals surface area contributed by atoms with Gasteiger partial charge < -0.3 is 14.2 Å². The molecule has 0 spiro atoms. The average Bonchev–Trinajstić information content (AvgIpc) is 3.00. The second-order valence-corrected chi connectivity index (χ2v) is 5.53. The van der Waals surface area contributed by atoms with Crippen LogP contribution < -0.4 is 14.2 Å². The first kappa shape index (κ1) is 14.6. The minimum atomic E-state index is 0.281. The third-order valence-electron chi connectivity index (χ3n) is 3.50. The number of ether oxygens (including phenoxy) is 3. The zero-order chi connectivity index (χ0) is 15.5. The van der Waals surface area contributed by atoms with E-state index in [-0.39, 0.29) is 6.79 Å². The molecule has 5 nitrogen and oxygen atoms in total. The van der Waals surface area contributed by atoms with E-state index < -0.39 is 0 Å². The van der Waals surface area contributed by atoms with Crippen molar-refractivity contribution in [3.8, 4) is 17.4 Å². The molecule has 1 aromatic carbocycles. The van der Waals surface area contributed by atoms with Crippen molar-refractivity contribution in [2.24, 2.45) is 0 Å². The molecule has 1 aromatic heterocycles. The molecule has 0 radical (unpaired) electrons. The Morgan fingerprint density at radius 2 is 1.95 bits per heavy atom. The predicted octanol–water partition coefficient (Wildman–Crippen LogP) is 3.47. The second kappa shape index (κ2) is 6.22. The Kier molecular flexibility index (Phi) is 4.13. The summed E-state index contributed by atoms with van der Waals surface area (Å²) >= 11 is 0. The van der Waals surface area contributed by atoms with Gasteiger partial charge in [-0.25, -0.2) is 4.98 Å². The van der Waals surface area contributed by atoms with E-state index >= 15 is 0 Å². The van der Waals surface area contributed by atoms with Crippen LogP contribution in [0.3, 0.4) is 0 Å². The standard InChI is InChI=1S/C17H20N2O3/c1-4-16-18-13(11(2)3)8-17(19-16)20-9-12-5-6-14-15(7-12)22-10-21-14/h5-8,11H,4,9-10H2,1-3H3. The number of aromatic nitrogens is 2. The van der Waals surface area contributed by atoms with Gasteiger partial charge in [-0.05, 0) is 23.6 Å². The first-order valence-electron chi connectivity index (χ1n) is 7.55. The van der Waals surface area contributed by atoms with Gasteiger partial charge in [-0.2, -0.15) is 4.98 Å². The van der Waals surface area contributed by atoms with Gasteiger partial charge in [0.15, 0.2) is 11.5 Å². The van der Waals surface area contributed by atoms with E-state index in [0.29, 0.717) is 18.4 Å². The molecule has 22 heavy (non-hydrogen) atoms. The molecule has 0 atom stereocenters. The molecule has 1 aliphatic rings. The summed E-state index contributed by atoms with van der Waals surface area (Å²) in [5.41, 5.74) is 2.03. The number of benzene rings is 1. The van der Waals surface area contributed by atoms with Crippen molar-refractivity contribution < 1.29 is 14.2 Å². The Morgan fingerprint density at radius 1 is 1.14 bits per heavy atom. The molecule has 2 heterocycles. The van der Waals surface area contributed by atoms with Crippen molar-refractivity contribution in [2.75, 3.05) is 6.79 Å². The summed E-state index contributed by atoms with van der Waals surface area (Å²) in [5.74, 6) is 3.32. The van der Waals surface area contributed by atoms with E-state index in [1.807, 2.05) is 31.2 Å². The van der Waals surface area contributed by atoms with Gasteiger partial charge in [0.05, 0.1) is 5.69 Å². The first-order valence-corrected chi connectivity index (χ1v) is 7.55. The molecule has 0 unspecified atom stereocenters. The van der Waals surface area contributed by atoms with Crippen LogP contribution in [0.1, 0.15) is 43.8 Å². The van der Waals surface area contributed by atoms with E-state index in [0.717, 1.165) is 35.0 Å². The zero-order valence-corrected chi connectivity index (χ0v) is 13.1. The van der Waals surface area contributed by atoms with E-state index in [9.17, 15) is 0 Å². The first-order chi connectivity index (χ1) is 10.7. The van der Waals surface area contributed by atoms with Crippen molar-refractivity contribution in [3.63, 3.8) is 0 Å². The number of nitrogens with zero attached hydrogens (tertiary/aromatic N) is 2. The van der Waals surface area contributed by atoms with Gasteiger partial charge in [-0.15, -0.1) is 0 Å². The lowest BCUT2D eigenvalue weighted by molar-refractivity contribution is 0.174. The van der Waals surface area contributed by atoms with Gasteiger partial charge in [0.2, 0.25) is 12.7 Å². The topological polar surface area (TPSA) is 53.5 Å². The maximum Gasteiger partial charge on any atom is 0.231 e. The van der Waals surface area contributed by atoms with Crippen LogP contribution in [-0.4, -0.2) is 16.8 Å². The molecular formula is C17H20N2O3. The highest BCUT2D eigenvalue weighted by Gasteiger charge is 2.14. The molecule has 1 aliphatic heterocycles. The molecule has 3 rings (SSSR count). The SMILES string of the molecule is CCc1nc(OCc2ccc3c(c2)OCO3)cc(C(C)C)n1. The number of hydrogen-bond donors (Lipinski definition) is 0. The Bertz CT molecular complexity index is 671. The smallest absolute Gasteiger partial charge is 0.231 e. The van der Waals surface area contributed by atoms with Crippen molar-refractivity contribution in [1.82, 2.24) is 9.97 Å². The molecule has 2 aromatic rings. The molecule has 0 aliphatic carbocycles. The molecule has 5 heteroatoms. The fraction of sp³-hybridized carbons (Fsp3) is 0.412. The lowest BCUT2D eigenvalue weighted by Gasteiger charge is -2.11. The van der Waals surface area contributed by atoms with Crippen molar-refractivity contribution in [3.05, 3.63) is 41.3 Å². The summed E-state index contributed by atoms with van der Waals surface area (Å²) in [6, 6.07) is 7.72. The fourth-order valence-corrected chi connectivity index (χ4v) is 2.21. The van der Waals surface area contributed by atoms with Crippen LogP contribution in [0, 0.1) is 0 Å². The number of rotatable bonds is 5. The monoisotopic (exact) mass is 300 g/mol. The molecule has 0 amide bonds. The molecule has 0 saturated heterocycles. The maximum absolute atomic E-state index is 5.84. The third kappa shape index (κ3) is 3.13. The molecule has 0 N–H and O–H groups in total. The highest BCUT2D eigenvalue weighted by atomic mass is 16.7. The number of aryl methyl sites for hydroxylation is 1. The Morgan fingerprint density at radius 3 is 2.73 bits per heavy atom. The van der Waals surface area contributed by atoms with Crippen molar-refractivity contribution >= 4 is 0 Å². The normalized spacial score (nSPS) is 12.7. The Hall–Kier alpha value is -2.30. The van der Waals surface area contributed by atoms with Gasteiger partial charge in [0.25, 0.3) is 0 Å². The van der Waals surface area contributed by atoms with Crippen LogP contribution in [-0.2, 0) is 13.0 Å². The third-order valence-corrected chi connectivity index (χ3v) is 3.50. The molecule has 0 bridgehead atoms. The summed E-state index contributed by atoms with van der Waals surface area (Å²) in [7, 11) is 0. The molecule has 0 fully saturated rings. The van der Waals surface area contributed by atoms with Crippen molar-refractivity contribution in [1.29, 1.82) is 0 Å². The largest absolute Gasteiger partial charge is 0.473 e. The highest BCUT2D eigenvalue weighted by molar-refractivity contribution is 5.44. The minimum absolute atomic E-state index is 0.281. The molecule has 0 saturated carbocycles. The van der Waals surface area contributed by atoms with Gasteiger partial charge in [-0.3, -0.25) is 0 Å². The van der Waals surface area contributed by atoms with Crippen molar-refractivity contribution in [2.45, 2.75) is 39.7 Å². The van der Waals surface area contributed by atoms with Gasteiger partial charge >= 0.3 is 0 Å². The predicted molar refractivity (Wildman–Crippen MR) is 82.4 cm³/mol. The quantitative estimate of drug-likeness (QED) is 0.846. The van der Waals surface area contributed by atoms with E-state index in [2.05, 4.69) is 23.8 Å². The van der Waals surface area contributed by atoms with Gasteiger partial charge in [-0.1, -0.05) is 26.8 Å². The van der Waals surface area contributed by atoms with Crippen LogP contribution in [0.15, 0.2) is 24.3 Å². The maximum atomic E-state index is 5.84. The molecule has 116 valence electrons. The van der Waals surface area contributed by atoms with E-state index in [4.69, 9.17) is 14.2 Å². The van der Waals surface area contributed by atoms with Gasteiger partial charge in [0.1, 0.15) is 12.4 Å². The summed E-state index contributed by atoms with van der Waals surface area (Å²) < 4.78 is 16.5. The van der Waals surface area contributed by atoms with Crippen LogP contribution in [0.25, 0.3) is 0 Å². The number of hydrogen-bond acceptors (Lipinski definition) is 5. The minimum Gasteiger partial charge on any atom is -0.473 e. The van der Waals surface area contributed by atoms with Crippen LogP contribution in [0.4, 0.5) is 0 Å². The summed E-state index contributed by atoms with van der Waals surface area (Å²) in [4.78, 5) is 8.96. The van der Waals surface area contributed by atoms with E-state index in [1.54, 1.807) is 0 Å². The zero-order valence-electron chi connectivity index (χ0n) is 13.1. The summed E-state index contributed by atoms with van der Waals surface area (Å²) in [6.07, 6.45) is 0.793. The fourth-order valence-electron chi connectivity index (χ4n) is 2.21. The lowest BCUT2D eigenvalue weighted by atomic mass is 10.1. The number of fused-ring (bicyclic) bond motifs is 1. The average molecular weight is 300 g/mol. The highest BCUT2D eigenvalue weighted by Crippen LogP contribution is 2.32. The van der Waals surface area contributed by atoms with E-state index in [1.165, 1.54) is 0 Å². The summed E-state index contributed by atoms with van der Waals surface area (Å²) in [6.45, 7) is 6.99. The van der Waals surface area contributed by atoms with Crippen LogP contribution in [0.5, 0.6) is 17.4 Å². The van der Waals surface area contributed by atoms with Crippen LogP contribution >= 0.6 is 0 Å². The Labute approximate surface area is 130 Å². The van der Waals surface area contributed by atoms with Crippen LogP contribution in [0.2, 0.25) is 0 Å². The lowest BCUT2D eigenvalue weighted by Crippen LogP contribution is -2.04. The Balaban J connectivity index is 1.74. The second-order valence-electron chi connectivity index (χ2n) is 5.53.